The van der Waals surface area contributed by atoms with E-state index in [4.69, 9.17) is 14.2 Å². The summed E-state index contributed by atoms with van der Waals surface area (Å²) in [4.78, 5) is 49.2. The van der Waals surface area contributed by atoms with Gasteiger partial charge in [0.15, 0.2) is 11.5 Å². The lowest BCUT2D eigenvalue weighted by molar-refractivity contribution is -0.384. The number of fused-ring (bicyclic) bond motifs is 1. The van der Waals surface area contributed by atoms with Crippen molar-refractivity contribution in [1.82, 2.24) is 0 Å². The van der Waals surface area contributed by atoms with E-state index in [0.29, 0.717) is 5.56 Å². The second-order valence-corrected chi connectivity index (χ2v) is 6.56. The standard InChI is InChI=1S/C20H19N3O8/c1-10-5-6-11(23(27)28)7-12(10)21-15(24)9-22-13-8-14(29-2)18(30-3)19(31-4)16(13)17(25)20(22)26/h5-8H,9H2,1-4H3,(H,21,24). The number of methoxy groups -OCH3 is 3. The molecule has 162 valence electrons. The van der Waals surface area contributed by atoms with Crippen LogP contribution < -0.4 is 24.4 Å². The summed E-state index contributed by atoms with van der Waals surface area (Å²) in [6.07, 6.45) is 0. The third-order valence-corrected chi connectivity index (χ3v) is 4.77. The lowest BCUT2D eigenvalue weighted by Crippen LogP contribution is -2.37. The molecule has 0 atom stereocenters. The molecule has 0 radical (unpaired) electrons. The zero-order chi connectivity index (χ0) is 22.9. The quantitative estimate of drug-likeness (QED) is 0.401. The molecule has 0 spiro atoms. The number of ether oxygens (including phenoxy) is 3. The zero-order valence-electron chi connectivity index (χ0n) is 17.2. The first-order valence-corrected chi connectivity index (χ1v) is 8.97. The van der Waals surface area contributed by atoms with Crippen LogP contribution in [0.25, 0.3) is 0 Å². The summed E-state index contributed by atoms with van der Waals surface area (Å²) in [5, 5.41) is 13.5. The third kappa shape index (κ3) is 3.72. The van der Waals surface area contributed by atoms with Gasteiger partial charge in [0, 0.05) is 18.2 Å². The maximum atomic E-state index is 12.6. The molecule has 1 heterocycles. The average Bonchev–Trinajstić information content (AvgIpc) is 2.98. The molecule has 0 aromatic heterocycles. The number of nitro groups is 1. The van der Waals surface area contributed by atoms with Gasteiger partial charge in [-0.2, -0.15) is 0 Å². The minimum absolute atomic E-state index is 0.0210. The molecule has 31 heavy (non-hydrogen) atoms. The number of benzene rings is 2. The van der Waals surface area contributed by atoms with Gasteiger partial charge < -0.3 is 19.5 Å². The molecule has 1 N–H and O–H groups in total. The molecule has 0 fully saturated rings. The zero-order valence-corrected chi connectivity index (χ0v) is 17.2. The van der Waals surface area contributed by atoms with Crippen molar-refractivity contribution in [3.05, 3.63) is 45.5 Å². The van der Waals surface area contributed by atoms with Crippen molar-refractivity contribution in [1.29, 1.82) is 0 Å². The second-order valence-electron chi connectivity index (χ2n) is 6.56. The molecule has 0 bridgehead atoms. The van der Waals surface area contributed by atoms with Gasteiger partial charge in [0.2, 0.25) is 11.7 Å². The van der Waals surface area contributed by atoms with Crippen LogP contribution in [0.4, 0.5) is 17.1 Å². The van der Waals surface area contributed by atoms with Crippen LogP contribution in [-0.4, -0.2) is 50.4 Å². The van der Waals surface area contributed by atoms with E-state index >= 15 is 0 Å². The second kappa shape index (κ2) is 8.30. The molecule has 0 aliphatic carbocycles. The molecular weight excluding hydrogens is 410 g/mol. The highest BCUT2D eigenvalue weighted by molar-refractivity contribution is 6.53. The molecule has 3 rings (SSSR count). The third-order valence-electron chi connectivity index (χ3n) is 4.77. The van der Waals surface area contributed by atoms with Crippen molar-refractivity contribution in [2.75, 3.05) is 38.1 Å². The van der Waals surface area contributed by atoms with E-state index in [1.54, 1.807) is 6.92 Å². The van der Waals surface area contributed by atoms with Gasteiger partial charge in [-0.3, -0.25) is 29.4 Å². The van der Waals surface area contributed by atoms with Gasteiger partial charge in [0.25, 0.3) is 17.4 Å². The number of rotatable bonds is 7. The number of carbonyl (C=O) groups is 3. The van der Waals surface area contributed by atoms with E-state index < -0.39 is 29.1 Å². The van der Waals surface area contributed by atoms with Crippen molar-refractivity contribution in [2.24, 2.45) is 0 Å². The molecule has 1 aliphatic rings. The van der Waals surface area contributed by atoms with Crippen molar-refractivity contribution >= 4 is 34.7 Å². The summed E-state index contributed by atoms with van der Waals surface area (Å²) < 4.78 is 15.8. The van der Waals surface area contributed by atoms with Gasteiger partial charge >= 0.3 is 0 Å². The van der Waals surface area contributed by atoms with Gasteiger partial charge in [-0.25, -0.2) is 0 Å². The van der Waals surface area contributed by atoms with Crippen LogP contribution in [0.1, 0.15) is 15.9 Å². The summed E-state index contributed by atoms with van der Waals surface area (Å²) in [6.45, 7) is 1.17. The largest absolute Gasteiger partial charge is 0.493 e. The van der Waals surface area contributed by atoms with Gasteiger partial charge in [-0.1, -0.05) is 6.07 Å². The first kappa shape index (κ1) is 21.6. The van der Waals surface area contributed by atoms with Crippen LogP contribution in [-0.2, 0) is 9.59 Å². The summed E-state index contributed by atoms with van der Waals surface area (Å²) in [6, 6.07) is 5.44. The van der Waals surface area contributed by atoms with E-state index in [0.717, 1.165) is 4.90 Å². The number of ketones is 1. The number of hydrogen-bond donors (Lipinski definition) is 1. The molecule has 0 unspecified atom stereocenters. The lowest BCUT2D eigenvalue weighted by Gasteiger charge is -2.19. The van der Waals surface area contributed by atoms with Crippen LogP contribution in [0.2, 0.25) is 0 Å². The number of nitro benzene ring substituents is 1. The Labute approximate surface area is 176 Å². The van der Waals surface area contributed by atoms with E-state index in [9.17, 15) is 24.5 Å². The van der Waals surface area contributed by atoms with Gasteiger partial charge in [0.05, 0.1) is 43.2 Å². The molecule has 11 nitrogen and oxygen atoms in total. The Morgan fingerprint density at radius 2 is 1.77 bits per heavy atom. The predicted molar refractivity (Wildman–Crippen MR) is 109 cm³/mol. The SMILES string of the molecule is COc1cc2c(c(OC)c1OC)C(=O)C(=O)N2CC(=O)Nc1cc([N+](=O)[O-])ccc1C. The summed E-state index contributed by atoms with van der Waals surface area (Å²) >= 11 is 0. The summed E-state index contributed by atoms with van der Waals surface area (Å²) in [5.41, 5.74) is 0.721. The predicted octanol–water partition coefficient (Wildman–Crippen LogP) is 2.10. The first-order chi connectivity index (χ1) is 14.7. The number of nitrogens with one attached hydrogen (secondary N) is 1. The Morgan fingerprint density at radius 1 is 1.10 bits per heavy atom. The highest BCUT2D eigenvalue weighted by Crippen LogP contribution is 2.47. The lowest BCUT2D eigenvalue weighted by atomic mass is 10.1. The average molecular weight is 429 g/mol. The highest BCUT2D eigenvalue weighted by atomic mass is 16.6. The summed E-state index contributed by atoms with van der Waals surface area (Å²) in [5.74, 6) is -2.05. The number of non-ortho nitro benzene ring substituents is 1. The van der Waals surface area contributed by atoms with Crippen LogP contribution in [0.3, 0.4) is 0 Å². The van der Waals surface area contributed by atoms with E-state index in [1.807, 2.05) is 0 Å². The number of aryl methyl sites for hydroxylation is 1. The van der Waals surface area contributed by atoms with Gasteiger partial charge in [0.1, 0.15) is 6.54 Å². The van der Waals surface area contributed by atoms with Crippen LogP contribution in [0.5, 0.6) is 17.2 Å². The molecule has 2 aromatic carbocycles. The summed E-state index contributed by atoms with van der Waals surface area (Å²) in [7, 11) is 4.06. The molecule has 11 heteroatoms. The number of nitrogens with zero attached hydrogens (tertiary/aromatic N) is 2. The number of hydrogen-bond acceptors (Lipinski definition) is 8. The van der Waals surface area contributed by atoms with E-state index in [2.05, 4.69) is 5.32 Å². The van der Waals surface area contributed by atoms with Crippen molar-refractivity contribution in [2.45, 2.75) is 6.92 Å². The normalized spacial score (nSPS) is 12.5. The number of carbonyl (C=O) groups excluding carboxylic acids is 3. The monoisotopic (exact) mass is 429 g/mol. The van der Waals surface area contributed by atoms with Gasteiger partial charge in [-0.05, 0) is 12.5 Å². The highest BCUT2D eigenvalue weighted by Gasteiger charge is 2.42. The van der Waals surface area contributed by atoms with Crippen molar-refractivity contribution in [3.63, 3.8) is 0 Å². The fourth-order valence-electron chi connectivity index (χ4n) is 3.26. The van der Waals surface area contributed by atoms with Crippen molar-refractivity contribution < 1.29 is 33.5 Å². The number of amides is 2. The van der Waals surface area contributed by atoms with Crippen LogP contribution in [0.15, 0.2) is 24.3 Å². The topological polar surface area (TPSA) is 137 Å². The van der Waals surface area contributed by atoms with Crippen LogP contribution in [0, 0.1) is 17.0 Å². The van der Waals surface area contributed by atoms with Crippen LogP contribution >= 0.6 is 0 Å². The molecule has 0 saturated heterocycles. The van der Waals surface area contributed by atoms with E-state index in [-0.39, 0.29) is 39.9 Å². The Kier molecular flexibility index (Phi) is 5.77. The van der Waals surface area contributed by atoms with Gasteiger partial charge in [-0.15, -0.1) is 0 Å². The van der Waals surface area contributed by atoms with Crippen molar-refractivity contribution in [3.8, 4) is 17.2 Å². The molecule has 2 aromatic rings. The smallest absolute Gasteiger partial charge is 0.300 e. The maximum Gasteiger partial charge on any atom is 0.300 e. The Morgan fingerprint density at radius 3 is 2.35 bits per heavy atom. The Hall–Kier alpha value is -4.15. The molecule has 1 aliphatic heterocycles. The maximum absolute atomic E-state index is 12.6. The van der Waals surface area contributed by atoms with E-state index in [1.165, 1.54) is 45.6 Å². The first-order valence-electron chi connectivity index (χ1n) is 8.97. The molecule has 0 saturated carbocycles. The molecule has 2 amide bonds. The Bertz CT molecular complexity index is 1110. The fourth-order valence-corrected chi connectivity index (χ4v) is 3.26. The number of anilines is 2. The fraction of sp³-hybridized carbons (Fsp3) is 0.250. The minimum Gasteiger partial charge on any atom is -0.493 e. The number of Topliss-reactive ketones (excluding diaryl/α,β-unsaturated/α-hetero) is 1. The molecular formula is C20H19N3O8. The Balaban J connectivity index is 1.95. The minimum atomic E-state index is -0.922.